The van der Waals surface area contributed by atoms with E-state index in [-0.39, 0.29) is 5.91 Å². The highest BCUT2D eigenvalue weighted by Crippen LogP contribution is 2.18. The number of carboxylic acids is 1. The molecule has 0 bridgehead atoms. The highest BCUT2D eigenvalue weighted by molar-refractivity contribution is 5.94. The molecule has 1 saturated carbocycles. The van der Waals surface area contributed by atoms with Gasteiger partial charge in [0.05, 0.1) is 0 Å². The first-order valence-electron chi connectivity index (χ1n) is 5.97. The van der Waals surface area contributed by atoms with Crippen molar-refractivity contribution in [3.05, 3.63) is 41.5 Å². The number of hydrogen-bond acceptors (Lipinski definition) is 2. The molecule has 0 radical (unpaired) electrons. The molecule has 1 fully saturated rings. The van der Waals surface area contributed by atoms with Crippen molar-refractivity contribution in [3.63, 3.8) is 0 Å². The molecule has 1 amide bonds. The van der Waals surface area contributed by atoms with Gasteiger partial charge in [-0.3, -0.25) is 4.79 Å². The highest BCUT2D eigenvalue weighted by atomic mass is 16.4. The molecular formula is C14H15NO3. The molecular weight excluding hydrogens is 230 g/mol. The van der Waals surface area contributed by atoms with E-state index in [9.17, 15) is 9.59 Å². The minimum atomic E-state index is -0.984. The van der Waals surface area contributed by atoms with Gasteiger partial charge in [-0.25, -0.2) is 4.79 Å². The molecule has 0 atom stereocenters. The average molecular weight is 245 g/mol. The predicted molar refractivity (Wildman–Crippen MR) is 68.2 cm³/mol. The summed E-state index contributed by atoms with van der Waals surface area (Å²) in [6, 6.07) is 7.19. The van der Waals surface area contributed by atoms with Crippen molar-refractivity contribution in [2.75, 3.05) is 0 Å². The molecule has 0 heterocycles. The van der Waals surface area contributed by atoms with Crippen molar-refractivity contribution in [1.29, 1.82) is 0 Å². The highest BCUT2D eigenvalue weighted by Gasteiger charge is 2.19. The van der Waals surface area contributed by atoms with Crippen molar-refractivity contribution in [1.82, 2.24) is 5.32 Å². The van der Waals surface area contributed by atoms with E-state index in [0.29, 0.717) is 11.6 Å². The van der Waals surface area contributed by atoms with Crippen LogP contribution in [-0.2, 0) is 4.79 Å². The molecule has 18 heavy (non-hydrogen) atoms. The molecule has 2 rings (SSSR count). The number of carbonyl (C=O) groups excluding carboxylic acids is 1. The SMILES string of the molecule is O=C(O)C=Cc1ccc(C(=O)NC2CCC2)cc1. The Balaban J connectivity index is 1.97. The number of hydrogen-bond donors (Lipinski definition) is 2. The summed E-state index contributed by atoms with van der Waals surface area (Å²) in [5, 5.41) is 11.5. The molecule has 4 heteroatoms. The van der Waals surface area contributed by atoms with E-state index in [1.54, 1.807) is 24.3 Å². The van der Waals surface area contributed by atoms with Crippen molar-refractivity contribution < 1.29 is 14.7 Å². The fourth-order valence-electron chi connectivity index (χ4n) is 1.73. The van der Waals surface area contributed by atoms with Crippen LogP contribution in [0.5, 0.6) is 0 Å². The number of aliphatic carboxylic acids is 1. The number of amides is 1. The number of benzene rings is 1. The fourth-order valence-corrected chi connectivity index (χ4v) is 1.73. The van der Waals surface area contributed by atoms with E-state index < -0.39 is 5.97 Å². The Bertz CT molecular complexity index is 472. The molecule has 1 aromatic carbocycles. The second-order valence-corrected chi connectivity index (χ2v) is 4.39. The molecule has 2 N–H and O–H groups in total. The van der Waals surface area contributed by atoms with Gasteiger partial charge < -0.3 is 10.4 Å². The van der Waals surface area contributed by atoms with Gasteiger partial charge in [-0.15, -0.1) is 0 Å². The summed E-state index contributed by atoms with van der Waals surface area (Å²) in [6.07, 6.45) is 5.87. The average Bonchev–Trinajstić information content (AvgIpc) is 2.31. The van der Waals surface area contributed by atoms with Crippen molar-refractivity contribution >= 4 is 18.0 Å². The van der Waals surface area contributed by atoms with Gasteiger partial charge in [0.15, 0.2) is 0 Å². The molecule has 1 aliphatic rings. The lowest BCUT2D eigenvalue weighted by atomic mass is 9.93. The van der Waals surface area contributed by atoms with Crippen LogP contribution in [0.4, 0.5) is 0 Å². The maximum absolute atomic E-state index is 11.8. The minimum Gasteiger partial charge on any atom is -0.478 e. The summed E-state index contributed by atoms with van der Waals surface area (Å²) in [6.45, 7) is 0. The second-order valence-electron chi connectivity index (χ2n) is 4.39. The third kappa shape index (κ3) is 3.20. The Morgan fingerprint density at radius 2 is 1.89 bits per heavy atom. The summed E-state index contributed by atoms with van der Waals surface area (Å²) in [5.41, 5.74) is 1.37. The number of carbonyl (C=O) groups is 2. The molecule has 94 valence electrons. The normalized spacial score (nSPS) is 15.3. The van der Waals surface area contributed by atoms with Crippen LogP contribution in [-0.4, -0.2) is 23.0 Å². The minimum absolute atomic E-state index is 0.0616. The van der Waals surface area contributed by atoms with Gasteiger partial charge in [-0.05, 0) is 43.0 Å². The van der Waals surface area contributed by atoms with Crippen molar-refractivity contribution in [2.24, 2.45) is 0 Å². The van der Waals surface area contributed by atoms with Gasteiger partial charge >= 0.3 is 5.97 Å². The Morgan fingerprint density at radius 1 is 1.22 bits per heavy atom. The van der Waals surface area contributed by atoms with Crippen LogP contribution in [0.25, 0.3) is 6.08 Å². The van der Waals surface area contributed by atoms with E-state index in [4.69, 9.17) is 5.11 Å². The summed E-state index contributed by atoms with van der Waals surface area (Å²) < 4.78 is 0. The third-order valence-corrected chi connectivity index (χ3v) is 3.03. The first-order valence-corrected chi connectivity index (χ1v) is 5.97. The van der Waals surface area contributed by atoms with Gasteiger partial charge in [0.1, 0.15) is 0 Å². The standard InChI is InChI=1S/C14H15NO3/c16-13(17)9-6-10-4-7-11(8-5-10)14(18)15-12-2-1-3-12/h4-9,12H,1-3H2,(H,15,18)(H,16,17). The summed E-state index contributed by atoms with van der Waals surface area (Å²) in [4.78, 5) is 22.2. The molecule has 0 saturated heterocycles. The Labute approximate surface area is 105 Å². The molecule has 0 aliphatic heterocycles. The van der Waals surface area contributed by atoms with Gasteiger partial charge in [0.25, 0.3) is 5.91 Å². The molecule has 1 aliphatic carbocycles. The number of nitrogens with one attached hydrogen (secondary N) is 1. The monoisotopic (exact) mass is 245 g/mol. The Hall–Kier alpha value is -2.10. The largest absolute Gasteiger partial charge is 0.478 e. The Morgan fingerprint density at radius 3 is 2.39 bits per heavy atom. The lowest BCUT2D eigenvalue weighted by Gasteiger charge is -2.26. The molecule has 4 nitrogen and oxygen atoms in total. The lowest BCUT2D eigenvalue weighted by molar-refractivity contribution is -0.131. The fraction of sp³-hybridized carbons (Fsp3) is 0.286. The zero-order valence-electron chi connectivity index (χ0n) is 9.93. The maximum Gasteiger partial charge on any atom is 0.328 e. The lowest BCUT2D eigenvalue weighted by Crippen LogP contribution is -2.39. The van der Waals surface area contributed by atoms with Crippen molar-refractivity contribution in [2.45, 2.75) is 25.3 Å². The second kappa shape index (κ2) is 5.49. The predicted octanol–water partition coefficient (Wildman–Crippen LogP) is 2.07. The van der Waals surface area contributed by atoms with Gasteiger partial charge in [0, 0.05) is 17.7 Å². The molecule has 0 unspecified atom stereocenters. The van der Waals surface area contributed by atoms with Crippen LogP contribution < -0.4 is 5.32 Å². The molecule has 0 spiro atoms. The number of rotatable bonds is 4. The summed E-state index contributed by atoms with van der Waals surface area (Å²) >= 11 is 0. The van der Waals surface area contributed by atoms with E-state index >= 15 is 0 Å². The van der Waals surface area contributed by atoms with E-state index in [0.717, 1.165) is 24.5 Å². The van der Waals surface area contributed by atoms with Crippen LogP contribution in [0.1, 0.15) is 35.2 Å². The first kappa shape index (κ1) is 12.4. The van der Waals surface area contributed by atoms with Crippen LogP contribution in [0.2, 0.25) is 0 Å². The topological polar surface area (TPSA) is 66.4 Å². The van der Waals surface area contributed by atoms with Crippen LogP contribution in [0, 0.1) is 0 Å². The first-order chi connectivity index (χ1) is 8.65. The third-order valence-electron chi connectivity index (χ3n) is 3.03. The van der Waals surface area contributed by atoms with Crippen molar-refractivity contribution in [3.8, 4) is 0 Å². The van der Waals surface area contributed by atoms with Crippen LogP contribution in [0.3, 0.4) is 0 Å². The maximum atomic E-state index is 11.8. The van der Waals surface area contributed by atoms with Gasteiger partial charge in [-0.2, -0.15) is 0 Å². The van der Waals surface area contributed by atoms with Crippen LogP contribution >= 0.6 is 0 Å². The van der Waals surface area contributed by atoms with Gasteiger partial charge in [0.2, 0.25) is 0 Å². The van der Waals surface area contributed by atoms with E-state index in [1.807, 2.05) is 0 Å². The van der Waals surface area contributed by atoms with E-state index in [1.165, 1.54) is 12.5 Å². The quantitative estimate of drug-likeness (QED) is 0.798. The summed E-state index contributed by atoms with van der Waals surface area (Å²) in [7, 11) is 0. The number of carboxylic acid groups (broad SMARTS) is 1. The zero-order valence-corrected chi connectivity index (χ0v) is 9.93. The van der Waals surface area contributed by atoms with E-state index in [2.05, 4.69) is 5.32 Å². The molecule has 1 aromatic rings. The smallest absolute Gasteiger partial charge is 0.328 e. The Kier molecular flexibility index (Phi) is 3.77. The van der Waals surface area contributed by atoms with Crippen LogP contribution in [0.15, 0.2) is 30.3 Å². The van der Waals surface area contributed by atoms with Gasteiger partial charge in [-0.1, -0.05) is 12.1 Å². The summed E-state index contributed by atoms with van der Waals surface area (Å²) in [5.74, 6) is -1.05. The molecule has 0 aromatic heterocycles. The zero-order chi connectivity index (χ0) is 13.0.